The first kappa shape index (κ1) is 11.1. The second-order valence-electron chi connectivity index (χ2n) is 3.80. The lowest BCUT2D eigenvalue weighted by Crippen LogP contribution is -2.26. The standard InChI is InChI=1S/C11H13ClN2O2/c12-7-4-5-10(16-8-2-1-3-8)9(6-7)11(13)14-15/h4-6,8,15H,1-3H2,(H2,13,14). The molecule has 4 nitrogen and oxygen atoms in total. The Morgan fingerprint density at radius 3 is 2.81 bits per heavy atom. The minimum Gasteiger partial charge on any atom is -0.490 e. The number of rotatable bonds is 3. The van der Waals surface area contributed by atoms with Gasteiger partial charge in [-0.2, -0.15) is 0 Å². The van der Waals surface area contributed by atoms with Gasteiger partial charge < -0.3 is 15.7 Å². The van der Waals surface area contributed by atoms with Gasteiger partial charge in [-0.15, -0.1) is 0 Å². The molecule has 16 heavy (non-hydrogen) atoms. The summed E-state index contributed by atoms with van der Waals surface area (Å²) in [6.07, 6.45) is 3.54. The molecule has 1 aliphatic rings. The summed E-state index contributed by atoms with van der Waals surface area (Å²) in [6.45, 7) is 0. The summed E-state index contributed by atoms with van der Waals surface area (Å²) in [6, 6.07) is 5.10. The third kappa shape index (κ3) is 2.22. The molecule has 0 radical (unpaired) electrons. The quantitative estimate of drug-likeness (QED) is 0.369. The van der Waals surface area contributed by atoms with Crippen LogP contribution in [-0.4, -0.2) is 17.1 Å². The number of halogens is 1. The number of ether oxygens (including phenoxy) is 1. The zero-order valence-corrected chi connectivity index (χ0v) is 9.44. The van der Waals surface area contributed by atoms with E-state index < -0.39 is 0 Å². The number of oxime groups is 1. The van der Waals surface area contributed by atoms with Crippen LogP contribution in [0, 0.1) is 0 Å². The van der Waals surface area contributed by atoms with Crippen LogP contribution < -0.4 is 10.5 Å². The molecule has 0 bridgehead atoms. The Kier molecular flexibility index (Phi) is 3.19. The fourth-order valence-corrected chi connectivity index (χ4v) is 1.70. The molecule has 2 rings (SSSR count). The molecule has 3 N–H and O–H groups in total. The highest BCUT2D eigenvalue weighted by Crippen LogP contribution is 2.29. The van der Waals surface area contributed by atoms with Crippen LogP contribution in [0.3, 0.4) is 0 Å². The first-order valence-corrected chi connectivity index (χ1v) is 5.52. The highest BCUT2D eigenvalue weighted by molar-refractivity contribution is 6.31. The fourth-order valence-electron chi connectivity index (χ4n) is 1.53. The molecular weight excluding hydrogens is 228 g/mol. The summed E-state index contributed by atoms with van der Waals surface area (Å²) in [7, 11) is 0. The Hall–Kier alpha value is -1.42. The maximum atomic E-state index is 8.67. The Labute approximate surface area is 98.7 Å². The molecule has 1 aliphatic carbocycles. The first-order valence-electron chi connectivity index (χ1n) is 5.15. The minimum absolute atomic E-state index is 0.0109. The average Bonchev–Trinajstić information content (AvgIpc) is 2.23. The van der Waals surface area contributed by atoms with E-state index in [0.717, 1.165) is 12.8 Å². The van der Waals surface area contributed by atoms with Gasteiger partial charge in [0.2, 0.25) is 0 Å². The highest BCUT2D eigenvalue weighted by Gasteiger charge is 2.21. The predicted octanol–water partition coefficient (Wildman–Crippen LogP) is 2.37. The van der Waals surface area contributed by atoms with Crippen LogP contribution >= 0.6 is 11.6 Å². The van der Waals surface area contributed by atoms with E-state index in [1.807, 2.05) is 0 Å². The van der Waals surface area contributed by atoms with Crippen molar-refractivity contribution in [3.05, 3.63) is 28.8 Å². The van der Waals surface area contributed by atoms with Gasteiger partial charge in [0, 0.05) is 5.02 Å². The average molecular weight is 241 g/mol. The topological polar surface area (TPSA) is 67.8 Å². The lowest BCUT2D eigenvalue weighted by atomic mass is 9.96. The second kappa shape index (κ2) is 4.61. The van der Waals surface area contributed by atoms with E-state index in [1.165, 1.54) is 6.42 Å². The smallest absolute Gasteiger partial charge is 0.173 e. The number of amidine groups is 1. The zero-order chi connectivity index (χ0) is 11.5. The lowest BCUT2D eigenvalue weighted by molar-refractivity contribution is 0.120. The first-order chi connectivity index (χ1) is 7.70. The van der Waals surface area contributed by atoms with Crippen molar-refractivity contribution in [2.24, 2.45) is 10.9 Å². The summed E-state index contributed by atoms with van der Waals surface area (Å²) in [5, 5.41) is 12.2. The number of hydrogen-bond donors (Lipinski definition) is 2. The van der Waals surface area contributed by atoms with Crippen LogP contribution in [0.1, 0.15) is 24.8 Å². The van der Waals surface area contributed by atoms with Crippen molar-refractivity contribution in [1.82, 2.24) is 0 Å². The molecule has 0 heterocycles. The van der Waals surface area contributed by atoms with Crippen molar-refractivity contribution < 1.29 is 9.94 Å². The number of benzene rings is 1. The van der Waals surface area contributed by atoms with Gasteiger partial charge in [0.05, 0.1) is 11.7 Å². The molecular formula is C11H13ClN2O2. The van der Waals surface area contributed by atoms with Crippen LogP contribution in [0.5, 0.6) is 5.75 Å². The van der Waals surface area contributed by atoms with E-state index >= 15 is 0 Å². The molecule has 5 heteroatoms. The molecule has 0 spiro atoms. The normalized spacial score (nSPS) is 16.9. The molecule has 0 saturated heterocycles. The van der Waals surface area contributed by atoms with Gasteiger partial charge in [-0.25, -0.2) is 0 Å². The van der Waals surface area contributed by atoms with Crippen molar-refractivity contribution in [2.75, 3.05) is 0 Å². The van der Waals surface area contributed by atoms with E-state index in [4.69, 9.17) is 27.3 Å². The van der Waals surface area contributed by atoms with E-state index in [0.29, 0.717) is 16.3 Å². The van der Waals surface area contributed by atoms with Crippen LogP contribution in [0.2, 0.25) is 5.02 Å². The lowest BCUT2D eigenvalue weighted by Gasteiger charge is -2.27. The van der Waals surface area contributed by atoms with Crippen molar-refractivity contribution in [3.8, 4) is 5.75 Å². The van der Waals surface area contributed by atoms with Crippen LogP contribution in [0.4, 0.5) is 0 Å². The molecule has 0 amide bonds. The zero-order valence-electron chi connectivity index (χ0n) is 8.69. The van der Waals surface area contributed by atoms with E-state index in [2.05, 4.69) is 5.16 Å². The number of nitrogens with zero attached hydrogens (tertiary/aromatic N) is 1. The molecule has 1 aromatic rings. The third-order valence-corrected chi connectivity index (χ3v) is 2.91. The number of nitrogens with two attached hydrogens (primary N) is 1. The summed E-state index contributed by atoms with van der Waals surface area (Å²) in [5.41, 5.74) is 6.09. The van der Waals surface area contributed by atoms with Gasteiger partial charge in [0.25, 0.3) is 0 Å². The van der Waals surface area contributed by atoms with Gasteiger partial charge in [-0.3, -0.25) is 0 Å². The molecule has 0 aliphatic heterocycles. The molecule has 1 fully saturated rings. The summed E-state index contributed by atoms with van der Waals surface area (Å²) >= 11 is 5.85. The Morgan fingerprint density at radius 2 is 2.25 bits per heavy atom. The summed E-state index contributed by atoms with van der Waals surface area (Å²) in [4.78, 5) is 0. The molecule has 0 atom stereocenters. The van der Waals surface area contributed by atoms with Crippen molar-refractivity contribution >= 4 is 17.4 Å². The maximum Gasteiger partial charge on any atom is 0.173 e. The fraction of sp³-hybridized carbons (Fsp3) is 0.364. The van der Waals surface area contributed by atoms with Crippen LogP contribution in [0.15, 0.2) is 23.4 Å². The SMILES string of the molecule is NC(=NO)c1cc(Cl)ccc1OC1CCC1. The monoisotopic (exact) mass is 240 g/mol. The molecule has 86 valence electrons. The van der Waals surface area contributed by atoms with E-state index in [9.17, 15) is 0 Å². The van der Waals surface area contributed by atoms with Crippen molar-refractivity contribution in [3.63, 3.8) is 0 Å². The second-order valence-corrected chi connectivity index (χ2v) is 4.23. The number of hydrogen-bond acceptors (Lipinski definition) is 3. The van der Waals surface area contributed by atoms with Crippen LogP contribution in [0.25, 0.3) is 0 Å². The Morgan fingerprint density at radius 1 is 1.50 bits per heavy atom. The minimum atomic E-state index is 0.0109. The van der Waals surface area contributed by atoms with E-state index in [-0.39, 0.29) is 11.9 Å². The Bertz CT molecular complexity index is 416. The molecule has 1 saturated carbocycles. The maximum absolute atomic E-state index is 8.67. The van der Waals surface area contributed by atoms with E-state index in [1.54, 1.807) is 18.2 Å². The van der Waals surface area contributed by atoms with Gasteiger partial charge in [-0.1, -0.05) is 16.8 Å². The predicted molar refractivity (Wildman–Crippen MR) is 62.2 cm³/mol. The Balaban J connectivity index is 2.27. The third-order valence-electron chi connectivity index (χ3n) is 2.67. The highest BCUT2D eigenvalue weighted by atomic mass is 35.5. The van der Waals surface area contributed by atoms with Gasteiger partial charge in [-0.05, 0) is 37.5 Å². The van der Waals surface area contributed by atoms with Crippen molar-refractivity contribution in [1.29, 1.82) is 0 Å². The van der Waals surface area contributed by atoms with Gasteiger partial charge >= 0.3 is 0 Å². The molecule has 0 aromatic heterocycles. The van der Waals surface area contributed by atoms with Gasteiger partial charge in [0.15, 0.2) is 5.84 Å². The van der Waals surface area contributed by atoms with Crippen LogP contribution in [-0.2, 0) is 0 Å². The van der Waals surface area contributed by atoms with Gasteiger partial charge in [0.1, 0.15) is 5.75 Å². The largest absolute Gasteiger partial charge is 0.490 e. The summed E-state index contributed by atoms with van der Waals surface area (Å²) < 4.78 is 5.73. The molecule has 1 aromatic carbocycles. The summed E-state index contributed by atoms with van der Waals surface area (Å²) in [5.74, 6) is 0.626. The molecule has 0 unspecified atom stereocenters. The van der Waals surface area contributed by atoms with Crippen molar-refractivity contribution in [2.45, 2.75) is 25.4 Å².